The third-order valence-corrected chi connectivity index (χ3v) is 6.21. The minimum Gasteiger partial charge on any atom is -0.491 e. The molecule has 1 aromatic heterocycles. The van der Waals surface area contributed by atoms with Crippen LogP contribution in [0.15, 0.2) is 62.2 Å². The Morgan fingerprint density at radius 2 is 1.69 bits per heavy atom. The van der Waals surface area contributed by atoms with Gasteiger partial charge in [-0.1, -0.05) is 49.0 Å². The summed E-state index contributed by atoms with van der Waals surface area (Å²) in [4.78, 5) is 34.5. The lowest BCUT2D eigenvalue weighted by Gasteiger charge is -2.19. The molecule has 1 saturated heterocycles. The first-order valence-corrected chi connectivity index (χ1v) is 13.6. The Labute approximate surface area is 226 Å². The number of carbonyl (C=O) groups is 2. The van der Waals surface area contributed by atoms with Gasteiger partial charge in [-0.05, 0) is 30.2 Å². The van der Waals surface area contributed by atoms with Gasteiger partial charge in [0.2, 0.25) is 5.91 Å². The van der Waals surface area contributed by atoms with Crippen LogP contribution in [-0.2, 0) is 39.4 Å². The highest BCUT2D eigenvalue weighted by atomic mass is 32.3. The second-order valence-electron chi connectivity index (χ2n) is 7.97. The van der Waals surface area contributed by atoms with Gasteiger partial charge in [-0.3, -0.25) is 24.0 Å². The highest BCUT2D eigenvalue weighted by molar-refractivity contribution is 8.15. The lowest BCUT2D eigenvalue weighted by atomic mass is 10.1. The van der Waals surface area contributed by atoms with Gasteiger partial charge in [0.15, 0.2) is 11.5 Å². The van der Waals surface area contributed by atoms with Gasteiger partial charge in [0.25, 0.3) is 5.24 Å². The number of hydrogen-bond acceptors (Lipinski definition) is 10. The van der Waals surface area contributed by atoms with E-state index in [1.807, 2.05) is 6.92 Å². The van der Waals surface area contributed by atoms with Crippen molar-refractivity contribution in [2.75, 3.05) is 6.61 Å². The number of thioether (sulfide) groups is 1. The number of carbonyl (C=O) groups excluding carboxylic acids is 2. The Morgan fingerprint density at radius 3 is 2.28 bits per heavy atom. The standard InChI is InChI=1S/C24H22FNO7S.H2O4S/c1-2-18-20(33-24(29)32-18)13-31-19(16-5-3-4-6-17(16)25)12-30-15-9-7-14(8-10-15)11-21-22(27)26-23(28)34-21;1-5(2,3)4/h3-10,19,21H,2,11-13H2,1H3,(H,26,27,28);(H2,1,2,3,4). The van der Waals surface area contributed by atoms with E-state index in [0.717, 1.165) is 17.3 Å². The molecule has 2 aromatic carbocycles. The maximum atomic E-state index is 14.5. The van der Waals surface area contributed by atoms with Crippen molar-refractivity contribution >= 4 is 33.3 Å². The van der Waals surface area contributed by atoms with Crippen LogP contribution in [0, 0.1) is 5.82 Å². The number of imide groups is 1. The van der Waals surface area contributed by atoms with E-state index in [0.29, 0.717) is 29.9 Å². The van der Waals surface area contributed by atoms with Crippen molar-refractivity contribution in [2.45, 2.75) is 37.7 Å². The third kappa shape index (κ3) is 9.63. The Hall–Kier alpha value is -3.50. The maximum Gasteiger partial charge on any atom is 0.519 e. The molecule has 4 rings (SSSR count). The van der Waals surface area contributed by atoms with Gasteiger partial charge in [-0.25, -0.2) is 9.18 Å². The van der Waals surface area contributed by atoms with Gasteiger partial charge >= 0.3 is 16.2 Å². The molecule has 3 N–H and O–H groups in total. The van der Waals surface area contributed by atoms with E-state index in [4.69, 9.17) is 35.8 Å². The average molecular weight is 586 g/mol. The first kappa shape index (κ1) is 30.0. The number of ether oxygens (including phenoxy) is 2. The fourth-order valence-electron chi connectivity index (χ4n) is 3.49. The summed E-state index contributed by atoms with van der Waals surface area (Å²) in [6.45, 7) is 1.73. The second-order valence-corrected chi connectivity index (χ2v) is 10.0. The molecule has 12 nitrogen and oxygen atoms in total. The number of halogens is 1. The van der Waals surface area contributed by atoms with Gasteiger partial charge in [-0.15, -0.1) is 0 Å². The zero-order chi connectivity index (χ0) is 28.6. The molecule has 0 saturated carbocycles. The molecule has 0 spiro atoms. The minimum atomic E-state index is -4.67. The number of hydrogen-bond donors (Lipinski definition) is 3. The average Bonchev–Trinajstić information content (AvgIpc) is 3.39. The van der Waals surface area contributed by atoms with Crippen molar-refractivity contribution in [3.05, 3.63) is 87.6 Å². The van der Waals surface area contributed by atoms with Gasteiger partial charge in [0.05, 0.1) is 5.25 Å². The van der Waals surface area contributed by atoms with Crippen LogP contribution in [0.1, 0.15) is 35.7 Å². The van der Waals surface area contributed by atoms with Gasteiger partial charge in [0.1, 0.15) is 30.9 Å². The fourth-order valence-corrected chi connectivity index (χ4v) is 4.35. The molecule has 0 radical (unpaired) electrons. The predicted octanol–water partition coefficient (Wildman–Crippen LogP) is 3.51. The van der Waals surface area contributed by atoms with Gasteiger partial charge in [0, 0.05) is 12.0 Å². The molecular formula is C24H24FNO11S2. The molecule has 2 amide bonds. The molecule has 1 aliphatic heterocycles. The van der Waals surface area contributed by atoms with Crippen molar-refractivity contribution < 1.29 is 49.8 Å². The maximum absolute atomic E-state index is 14.5. The Balaban J connectivity index is 0.000000771. The van der Waals surface area contributed by atoms with Crippen molar-refractivity contribution in [1.29, 1.82) is 0 Å². The SMILES string of the molecule is CCc1oc(=O)oc1COC(COc1ccc(CC2SC(=O)NC2=O)cc1)c1ccccc1F.O=S(=O)(O)O. The van der Waals surface area contributed by atoms with Crippen LogP contribution in [0.25, 0.3) is 0 Å². The van der Waals surface area contributed by atoms with E-state index in [-0.39, 0.29) is 30.1 Å². The van der Waals surface area contributed by atoms with Crippen molar-refractivity contribution in [3.63, 3.8) is 0 Å². The molecule has 15 heteroatoms. The molecule has 0 aliphatic carbocycles. The van der Waals surface area contributed by atoms with E-state index in [9.17, 15) is 18.8 Å². The van der Waals surface area contributed by atoms with Crippen LogP contribution < -0.4 is 15.9 Å². The molecule has 39 heavy (non-hydrogen) atoms. The predicted molar refractivity (Wildman–Crippen MR) is 135 cm³/mol. The topological polar surface area (TPSA) is 183 Å². The van der Waals surface area contributed by atoms with Crippen LogP contribution in [0.2, 0.25) is 0 Å². The number of amides is 2. The van der Waals surface area contributed by atoms with Crippen LogP contribution in [0.3, 0.4) is 0 Å². The molecule has 3 aromatic rings. The number of nitrogens with one attached hydrogen (secondary N) is 1. The summed E-state index contributed by atoms with van der Waals surface area (Å²) in [5, 5.41) is 1.48. The molecule has 2 atom stereocenters. The largest absolute Gasteiger partial charge is 0.519 e. The fraction of sp³-hybridized carbons (Fsp3) is 0.292. The first-order valence-electron chi connectivity index (χ1n) is 11.3. The van der Waals surface area contributed by atoms with E-state index in [1.54, 1.807) is 42.5 Å². The summed E-state index contributed by atoms with van der Waals surface area (Å²) < 4.78 is 67.8. The smallest absolute Gasteiger partial charge is 0.491 e. The summed E-state index contributed by atoms with van der Waals surface area (Å²) in [7, 11) is -4.67. The summed E-state index contributed by atoms with van der Waals surface area (Å²) in [5.41, 5.74) is 1.18. The molecule has 1 fully saturated rings. The summed E-state index contributed by atoms with van der Waals surface area (Å²) in [6, 6.07) is 13.3. The van der Waals surface area contributed by atoms with Gasteiger partial charge in [-0.2, -0.15) is 8.42 Å². The van der Waals surface area contributed by atoms with Crippen molar-refractivity contribution in [2.24, 2.45) is 0 Å². The molecule has 210 valence electrons. The van der Waals surface area contributed by atoms with Crippen molar-refractivity contribution in [1.82, 2.24) is 5.32 Å². The highest BCUT2D eigenvalue weighted by Crippen LogP contribution is 2.26. The normalized spacial score (nSPS) is 15.8. The molecule has 1 aliphatic rings. The minimum absolute atomic E-state index is 0.000787. The quantitative estimate of drug-likeness (QED) is 0.295. The zero-order valence-corrected chi connectivity index (χ0v) is 22.0. The van der Waals surface area contributed by atoms with Crippen LogP contribution in [0.5, 0.6) is 5.75 Å². The number of benzene rings is 2. The van der Waals surface area contributed by atoms with Gasteiger partial charge < -0.3 is 18.3 Å². The van der Waals surface area contributed by atoms with Crippen LogP contribution >= 0.6 is 11.8 Å². The Morgan fingerprint density at radius 1 is 1.05 bits per heavy atom. The zero-order valence-electron chi connectivity index (χ0n) is 20.4. The monoisotopic (exact) mass is 585 g/mol. The van der Waals surface area contributed by atoms with Crippen molar-refractivity contribution in [3.8, 4) is 5.75 Å². The van der Waals surface area contributed by atoms with E-state index >= 15 is 0 Å². The third-order valence-electron chi connectivity index (χ3n) is 5.23. The first-order chi connectivity index (χ1) is 18.4. The number of rotatable bonds is 10. The molecular weight excluding hydrogens is 561 g/mol. The van der Waals surface area contributed by atoms with E-state index < -0.39 is 33.4 Å². The highest BCUT2D eigenvalue weighted by Gasteiger charge is 2.31. The summed E-state index contributed by atoms with van der Waals surface area (Å²) in [5.74, 6) is -0.392. The molecule has 2 heterocycles. The lowest BCUT2D eigenvalue weighted by molar-refractivity contribution is -0.118. The Kier molecular flexibility index (Phi) is 10.4. The molecule has 2 unspecified atom stereocenters. The summed E-state index contributed by atoms with van der Waals surface area (Å²) in [6.07, 6.45) is 0.0850. The second kappa shape index (κ2) is 13.5. The number of aryl methyl sites for hydroxylation is 1. The summed E-state index contributed by atoms with van der Waals surface area (Å²) >= 11 is 0.977. The Bertz CT molecular complexity index is 1440. The molecule has 0 bridgehead atoms. The van der Waals surface area contributed by atoms with Crippen LogP contribution in [0.4, 0.5) is 9.18 Å². The van der Waals surface area contributed by atoms with Crippen LogP contribution in [-0.4, -0.2) is 40.5 Å². The van der Waals surface area contributed by atoms with E-state index in [1.165, 1.54) is 6.07 Å². The van der Waals surface area contributed by atoms with E-state index in [2.05, 4.69) is 5.32 Å². The lowest BCUT2D eigenvalue weighted by Crippen LogP contribution is -2.25.